The molecule has 2 N–H and O–H groups in total. The lowest BCUT2D eigenvalue weighted by Crippen LogP contribution is -2.22. The second-order valence-corrected chi connectivity index (χ2v) is 11.2. The van der Waals surface area contributed by atoms with Crippen molar-refractivity contribution in [3.63, 3.8) is 0 Å². The quantitative estimate of drug-likeness (QED) is 0.747. The van der Waals surface area contributed by atoms with E-state index in [0.717, 1.165) is 12.5 Å². The van der Waals surface area contributed by atoms with Gasteiger partial charge in [0, 0.05) is 20.9 Å². The van der Waals surface area contributed by atoms with Crippen LogP contribution in [0.5, 0.6) is 0 Å². The Bertz CT molecular complexity index is 398. The third kappa shape index (κ3) is 4.27. The van der Waals surface area contributed by atoms with Gasteiger partial charge in [-0.15, -0.1) is 0 Å². The molecule has 0 saturated carbocycles. The summed E-state index contributed by atoms with van der Waals surface area (Å²) in [7, 11) is -1.13. The predicted molar refractivity (Wildman–Crippen MR) is 72.7 cm³/mol. The summed E-state index contributed by atoms with van der Waals surface area (Å²) in [6, 6.07) is 1.07. The topological polar surface area (TPSA) is 75.2 Å². The fourth-order valence-corrected chi connectivity index (χ4v) is 2.34. The second kappa shape index (κ2) is 6.15. The number of rotatable bonds is 7. The number of aromatic carboxylic acids is 1. The van der Waals surface area contributed by atoms with E-state index in [9.17, 15) is 4.79 Å². The molecule has 102 valence electrons. The van der Waals surface area contributed by atoms with Gasteiger partial charge < -0.3 is 9.84 Å². The summed E-state index contributed by atoms with van der Waals surface area (Å²) >= 11 is 0. The maximum absolute atomic E-state index is 11.0. The highest BCUT2D eigenvalue weighted by Gasteiger charge is 2.22. The van der Waals surface area contributed by atoms with E-state index < -0.39 is 14.0 Å². The molecule has 0 radical (unpaired) electrons. The van der Waals surface area contributed by atoms with Crippen LogP contribution in [-0.4, -0.2) is 36.0 Å². The van der Waals surface area contributed by atoms with Crippen molar-refractivity contribution in [2.75, 3.05) is 6.61 Å². The number of nitrogens with one attached hydrogen (secondary N) is 1. The Labute approximate surface area is 109 Å². The van der Waals surface area contributed by atoms with Gasteiger partial charge in [0.25, 0.3) is 0 Å². The number of aromatic nitrogens is 2. The normalized spacial score (nSPS) is 13.6. The SMILES string of the molecule is CCC(OCC[Si](C)(C)C)c1n[nH]cc1C(=O)O. The van der Waals surface area contributed by atoms with Crippen LogP contribution >= 0.6 is 0 Å². The molecular weight excluding hydrogens is 248 g/mol. The van der Waals surface area contributed by atoms with E-state index in [-0.39, 0.29) is 11.7 Å². The first-order valence-electron chi connectivity index (χ1n) is 6.23. The highest BCUT2D eigenvalue weighted by molar-refractivity contribution is 6.76. The first-order chi connectivity index (χ1) is 8.35. The van der Waals surface area contributed by atoms with Crippen LogP contribution in [0.4, 0.5) is 0 Å². The van der Waals surface area contributed by atoms with Crippen LogP contribution in [0.1, 0.15) is 35.5 Å². The zero-order valence-corrected chi connectivity index (χ0v) is 12.5. The summed E-state index contributed by atoms with van der Waals surface area (Å²) in [5.74, 6) is -0.967. The first kappa shape index (κ1) is 14.9. The largest absolute Gasteiger partial charge is 0.478 e. The monoisotopic (exact) mass is 270 g/mol. The minimum Gasteiger partial charge on any atom is -0.478 e. The van der Waals surface area contributed by atoms with Gasteiger partial charge in [0.15, 0.2) is 0 Å². The molecular formula is C12H22N2O3Si. The Hall–Kier alpha value is -1.14. The minimum absolute atomic E-state index is 0.204. The Morgan fingerprint density at radius 1 is 1.56 bits per heavy atom. The average molecular weight is 270 g/mol. The second-order valence-electron chi connectivity index (χ2n) is 5.57. The molecule has 1 rings (SSSR count). The average Bonchev–Trinajstić information content (AvgIpc) is 2.71. The van der Waals surface area contributed by atoms with E-state index in [0.29, 0.717) is 12.3 Å². The van der Waals surface area contributed by atoms with Gasteiger partial charge in [0.05, 0.1) is 0 Å². The first-order valence-corrected chi connectivity index (χ1v) is 9.94. The van der Waals surface area contributed by atoms with Crippen molar-refractivity contribution in [1.29, 1.82) is 0 Å². The van der Waals surface area contributed by atoms with Crippen molar-refractivity contribution in [2.24, 2.45) is 0 Å². The number of ether oxygens (including phenoxy) is 1. The number of carboxylic acids is 1. The number of hydrogen-bond donors (Lipinski definition) is 2. The number of hydrogen-bond acceptors (Lipinski definition) is 3. The van der Waals surface area contributed by atoms with Gasteiger partial charge >= 0.3 is 5.97 Å². The number of nitrogens with zero attached hydrogens (tertiary/aromatic N) is 1. The van der Waals surface area contributed by atoms with Gasteiger partial charge in [-0.1, -0.05) is 26.6 Å². The van der Waals surface area contributed by atoms with E-state index in [4.69, 9.17) is 9.84 Å². The maximum Gasteiger partial charge on any atom is 0.339 e. The summed E-state index contributed by atoms with van der Waals surface area (Å²) in [4.78, 5) is 11.0. The third-order valence-electron chi connectivity index (χ3n) is 2.75. The summed E-state index contributed by atoms with van der Waals surface area (Å²) in [5.41, 5.74) is 0.704. The van der Waals surface area contributed by atoms with E-state index in [1.165, 1.54) is 6.20 Å². The zero-order valence-electron chi connectivity index (χ0n) is 11.5. The Morgan fingerprint density at radius 3 is 2.72 bits per heavy atom. The molecule has 6 heteroatoms. The van der Waals surface area contributed by atoms with Gasteiger partial charge in [-0.05, 0) is 12.5 Å². The molecule has 1 atom stereocenters. The molecule has 0 spiro atoms. The zero-order chi connectivity index (χ0) is 13.8. The van der Waals surface area contributed by atoms with E-state index in [1.54, 1.807) is 0 Å². The molecule has 0 aliphatic carbocycles. The van der Waals surface area contributed by atoms with Crippen LogP contribution in [-0.2, 0) is 4.74 Å². The Kier molecular flexibility index (Phi) is 5.10. The molecule has 1 heterocycles. The molecule has 0 saturated heterocycles. The van der Waals surface area contributed by atoms with Crippen molar-refractivity contribution >= 4 is 14.0 Å². The molecule has 5 nitrogen and oxygen atoms in total. The molecule has 0 aliphatic heterocycles. The molecule has 1 aromatic heterocycles. The van der Waals surface area contributed by atoms with Crippen molar-refractivity contribution in [2.45, 2.75) is 45.1 Å². The van der Waals surface area contributed by atoms with Crippen LogP contribution in [0.15, 0.2) is 6.20 Å². The molecule has 0 fully saturated rings. The van der Waals surface area contributed by atoms with Crippen LogP contribution in [0, 0.1) is 0 Å². The fraction of sp³-hybridized carbons (Fsp3) is 0.667. The van der Waals surface area contributed by atoms with Crippen LogP contribution < -0.4 is 0 Å². The smallest absolute Gasteiger partial charge is 0.339 e. The molecule has 0 bridgehead atoms. The van der Waals surface area contributed by atoms with Gasteiger partial charge in [0.2, 0.25) is 0 Å². The molecule has 0 aromatic carbocycles. The molecule has 0 amide bonds. The molecule has 1 unspecified atom stereocenters. The molecule has 1 aromatic rings. The van der Waals surface area contributed by atoms with Crippen molar-refractivity contribution in [1.82, 2.24) is 10.2 Å². The summed E-state index contributed by atoms with van der Waals surface area (Å²) in [6.45, 7) is 9.50. The predicted octanol–water partition coefficient (Wildman–Crippen LogP) is 2.91. The van der Waals surface area contributed by atoms with Crippen molar-refractivity contribution < 1.29 is 14.6 Å². The molecule has 18 heavy (non-hydrogen) atoms. The fourth-order valence-electron chi connectivity index (χ4n) is 1.61. The summed E-state index contributed by atoms with van der Waals surface area (Å²) in [5, 5.41) is 15.6. The van der Waals surface area contributed by atoms with Gasteiger partial charge in [-0.2, -0.15) is 5.10 Å². The lowest BCUT2D eigenvalue weighted by Gasteiger charge is -2.19. The maximum atomic E-state index is 11.0. The van der Waals surface area contributed by atoms with E-state index in [1.807, 2.05) is 6.92 Å². The summed E-state index contributed by atoms with van der Waals surface area (Å²) in [6.07, 6.45) is 1.89. The van der Waals surface area contributed by atoms with Gasteiger partial charge in [-0.3, -0.25) is 5.10 Å². The number of carbonyl (C=O) groups is 1. The number of H-pyrrole nitrogens is 1. The highest BCUT2D eigenvalue weighted by Crippen LogP contribution is 2.23. The lowest BCUT2D eigenvalue weighted by molar-refractivity contribution is 0.0525. The van der Waals surface area contributed by atoms with E-state index >= 15 is 0 Å². The third-order valence-corrected chi connectivity index (χ3v) is 4.45. The number of aromatic amines is 1. The minimum atomic E-state index is -1.13. The Balaban J connectivity index is 2.66. The Morgan fingerprint density at radius 2 is 2.22 bits per heavy atom. The van der Waals surface area contributed by atoms with Crippen LogP contribution in [0.2, 0.25) is 25.7 Å². The van der Waals surface area contributed by atoms with Crippen molar-refractivity contribution in [3.8, 4) is 0 Å². The summed E-state index contributed by atoms with van der Waals surface area (Å²) < 4.78 is 5.79. The van der Waals surface area contributed by atoms with E-state index in [2.05, 4.69) is 29.8 Å². The highest BCUT2D eigenvalue weighted by atomic mass is 28.3. The molecule has 0 aliphatic rings. The lowest BCUT2D eigenvalue weighted by atomic mass is 10.1. The number of carboxylic acid groups (broad SMARTS) is 1. The van der Waals surface area contributed by atoms with Crippen LogP contribution in [0.25, 0.3) is 0 Å². The standard InChI is InChI=1S/C12H22N2O3Si/c1-5-10(17-6-7-18(2,3)4)11-9(12(15)16)8-13-14-11/h8,10H,5-7H2,1-4H3,(H,13,14)(H,15,16). The van der Waals surface area contributed by atoms with Crippen molar-refractivity contribution in [3.05, 3.63) is 17.5 Å². The van der Waals surface area contributed by atoms with Gasteiger partial charge in [0.1, 0.15) is 17.4 Å². The van der Waals surface area contributed by atoms with Gasteiger partial charge in [-0.25, -0.2) is 4.79 Å². The van der Waals surface area contributed by atoms with Crippen LogP contribution in [0.3, 0.4) is 0 Å².